The van der Waals surface area contributed by atoms with E-state index in [9.17, 15) is 9.90 Å². The number of alkyl halides is 1. The van der Waals surface area contributed by atoms with Gasteiger partial charge < -0.3 is 10.0 Å². The number of halogens is 2. The molecule has 0 aliphatic carbocycles. The number of para-hydroxylation sites is 1. The molecule has 5 heteroatoms. The van der Waals surface area contributed by atoms with Crippen LogP contribution in [0.1, 0.15) is 6.42 Å². The lowest BCUT2D eigenvalue weighted by atomic mass is 10.2. The number of rotatable bonds is 2. The van der Waals surface area contributed by atoms with Crippen molar-refractivity contribution in [3.8, 4) is 5.75 Å². The van der Waals surface area contributed by atoms with Crippen molar-refractivity contribution in [3.63, 3.8) is 0 Å². The standard InChI is InChI=1S/C11H11BrClNO2/c12-5-7-4-10(15)14(6-7)9-3-1-2-8(13)11(9)16/h1-3,7,16H,4-6H2. The number of amides is 1. The van der Waals surface area contributed by atoms with Gasteiger partial charge in [-0.25, -0.2) is 0 Å². The predicted molar refractivity (Wildman–Crippen MR) is 67.4 cm³/mol. The van der Waals surface area contributed by atoms with Crippen LogP contribution in [0.2, 0.25) is 5.02 Å². The maximum Gasteiger partial charge on any atom is 0.227 e. The number of nitrogens with zero attached hydrogens (tertiary/aromatic N) is 1. The van der Waals surface area contributed by atoms with Gasteiger partial charge in [0.15, 0.2) is 5.75 Å². The minimum absolute atomic E-state index is 0.0206. The first-order valence-electron chi connectivity index (χ1n) is 4.97. The molecule has 1 heterocycles. The highest BCUT2D eigenvalue weighted by molar-refractivity contribution is 9.09. The number of hydrogen-bond donors (Lipinski definition) is 1. The zero-order valence-electron chi connectivity index (χ0n) is 8.49. The van der Waals surface area contributed by atoms with E-state index in [-0.39, 0.29) is 16.7 Å². The molecule has 1 aromatic rings. The molecule has 86 valence electrons. The summed E-state index contributed by atoms with van der Waals surface area (Å²) < 4.78 is 0. The molecule has 0 saturated carbocycles. The fourth-order valence-corrected chi connectivity index (χ4v) is 2.44. The molecule has 1 unspecified atom stereocenters. The maximum atomic E-state index is 11.8. The molecule has 0 spiro atoms. The number of carbonyl (C=O) groups is 1. The van der Waals surface area contributed by atoms with Crippen LogP contribution in [0.15, 0.2) is 18.2 Å². The van der Waals surface area contributed by atoms with Crippen LogP contribution < -0.4 is 4.90 Å². The summed E-state index contributed by atoms with van der Waals surface area (Å²) in [5.74, 6) is 0.306. The van der Waals surface area contributed by atoms with Gasteiger partial charge in [-0.05, 0) is 18.1 Å². The summed E-state index contributed by atoms with van der Waals surface area (Å²) >= 11 is 9.18. The Morgan fingerprint density at radius 1 is 1.56 bits per heavy atom. The summed E-state index contributed by atoms with van der Waals surface area (Å²) in [6.45, 7) is 0.623. The lowest BCUT2D eigenvalue weighted by molar-refractivity contribution is -0.117. The molecule has 1 fully saturated rings. The molecule has 1 atom stereocenters. The second-order valence-corrected chi connectivity index (χ2v) is 4.89. The summed E-state index contributed by atoms with van der Waals surface area (Å²) in [4.78, 5) is 13.3. The van der Waals surface area contributed by atoms with E-state index in [1.165, 1.54) is 0 Å². The van der Waals surface area contributed by atoms with Crippen LogP contribution in [0, 0.1) is 5.92 Å². The van der Waals surface area contributed by atoms with Crippen molar-refractivity contribution in [2.45, 2.75) is 6.42 Å². The quantitative estimate of drug-likeness (QED) is 0.854. The molecule has 1 saturated heterocycles. The van der Waals surface area contributed by atoms with Gasteiger partial charge in [0, 0.05) is 18.3 Å². The summed E-state index contributed by atoms with van der Waals surface area (Å²) in [6, 6.07) is 5.03. The smallest absolute Gasteiger partial charge is 0.227 e. The van der Waals surface area contributed by atoms with Gasteiger partial charge in [0.05, 0.1) is 10.7 Å². The molecule has 16 heavy (non-hydrogen) atoms. The van der Waals surface area contributed by atoms with Crippen LogP contribution in [-0.2, 0) is 4.79 Å². The molecule has 1 aromatic carbocycles. The number of aromatic hydroxyl groups is 1. The van der Waals surface area contributed by atoms with Gasteiger partial charge in [-0.15, -0.1) is 0 Å². The molecule has 2 rings (SSSR count). The van der Waals surface area contributed by atoms with Crippen molar-refractivity contribution < 1.29 is 9.90 Å². The molecule has 1 aliphatic rings. The lowest BCUT2D eigenvalue weighted by Gasteiger charge is -2.18. The van der Waals surface area contributed by atoms with E-state index in [4.69, 9.17) is 11.6 Å². The predicted octanol–water partition coefficient (Wildman–Crippen LogP) is 2.79. The van der Waals surface area contributed by atoms with Gasteiger partial charge in [-0.3, -0.25) is 4.79 Å². The Bertz CT molecular complexity index is 424. The highest BCUT2D eigenvalue weighted by Gasteiger charge is 2.31. The highest BCUT2D eigenvalue weighted by atomic mass is 79.9. The number of anilines is 1. The van der Waals surface area contributed by atoms with Gasteiger partial charge in [0.2, 0.25) is 5.91 Å². The minimum Gasteiger partial charge on any atom is -0.504 e. The first-order chi connectivity index (χ1) is 7.63. The zero-order chi connectivity index (χ0) is 11.7. The summed E-state index contributed by atoms with van der Waals surface area (Å²) in [5.41, 5.74) is 0.501. The van der Waals surface area contributed by atoms with Gasteiger partial charge in [-0.2, -0.15) is 0 Å². The molecular weight excluding hydrogens is 293 g/mol. The topological polar surface area (TPSA) is 40.5 Å². The first-order valence-corrected chi connectivity index (χ1v) is 6.47. The fourth-order valence-electron chi connectivity index (χ4n) is 1.84. The second-order valence-electron chi connectivity index (χ2n) is 3.84. The summed E-state index contributed by atoms with van der Waals surface area (Å²) in [5, 5.41) is 10.9. The van der Waals surface area contributed by atoms with E-state index in [0.717, 1.165) is 5.33 Å². The normalized spacial score (nSPS) is 20.5. The Morgan fingerprint density at radius 3 is 2.94 bits per heavy atom. The molecule has 0 bridgehead atoms. The largest absolute Gasteiger partial charge is 0.504 e. The van der Waals surface area contributed by atoms with Crippen molar-refractivity contribution in [2.24, 2.45) is 5.92 Å². The van der Waals surface area contributed by atoms with E-state index in [2.05, 4.69) is 15.9 Å². The number of phenolic OH excluding ortho intramolecular Hbond substituents is 1. The Balaban J connectivity index is 2.31. The van der Waals surface area contributed by atoms with Crippen molar-refractivity contribution in [2.75, 3.05) is 16.8 Å². The average Bonchev–Trinajstić information content (AvgIpc) is 2.64. The van der Waals surface area contributed by atoms with Crippen LogP contribution in [0.25, 0.3) is 0 Å². The molecule has 0 radical (unpaired) electrons. The SMILES string of the molecule is O=C1CC(CBr)CN1c1cccc(Cl)c1O. The van der Waals surface area contributed by atoms with Crippen LogP contribution >= 0.6 is 27.5 Å². The van der Waals surface area contributed by atoms with Gasteiger partial charge in [0.1, 0.15) is 0 Å². The third-order valence-corrected chi connectivity index (χ3v) is 3.90. The third-order valence-electron chi connectivity index (χ3n) is 2.68. The van der Waals surface area contributed by atoms with Crippen LogP contribution in [0.4, 0.5) is 5.69 Å². The van der Waals surface area contributed by atoms with Crippen molar-refractivity contribution in [1.29, 1.82) is 0 Å². The number of phenols is 1. The molecule has 1 aliphatic heterocycles. The minimum atomic E-state index is -0.0206. The summed E-state index contributed by atoms with van der Waals surface area (Å²) in [7, 11) is 0. The Labute approximate surface area is 107 Å². The van der Waals surface area contributed by atoms with Crippen LogP contribution in [0.3, 0.4) is 0 Å². The Morgan fingerprint density at radius 2 is 2.31 bits per heavy atom. The fraction of sp³-hybridized carbons (Fsp3) is 0.364. The van der Waals surface area contributed by atoms with E-state index in [0.29, 0.717) is 24.6 Å². The molecular formula is C11H11BrClNO2. The molecule has 0 aromatic heterocycles. The molecule has 3 nitrogen and oxygen atoms in total. The monoisotopic (exact) mass is 303 g/mol. The Kier molecular flexibility index (Phi) is 3.40. The second kappa shape index (κ2) is 4.63. The zero-order valence-corrected chi connectivity index (χ0v) is 10.8. The van der Waals surface area contributed by atoms with Crippen molar-refractivity contribution >= 4 is 39.1 Å². The van der Waals surface area contributed by atoms with E-state index < -0.39 is 0 Å². The number of carbonyl (C=O) groups excluding carboxylic acids is 1. The highest BCUT2D eigenvalue weighted by Crippen LogP contribution is 2.37. The first kappa shape index (κ1) is 11.7. The maximum absolute atomic E-state index is 11.8. The molecule has 1 N–H and O–H groups in total. The van der Waals surface area contributed by atoms with Crippen LogP contribution in [0.5, 0.6) is 5.75 Å². The van der Waals surface area contributed by atoms with Gasteiger partial charge >= 0.3 is 0 Å². The lowest BCUT2D eigenvalue weighted by Crippen LogP contribution is -2.24. The van der Waals surface area contributed by atoms with Crippen molar-refractivity contribution in [1.82, 2.24) is 0 Å². The summed E-state index contributed by atoms with van der Waals surface area (Å²) in [6.07, 6.45) is 0.511. The van der Waals surface area contributed by atoms with E-state index in [1.807, 2.05) is 0 Å². The molecule has 1 amide bonds. The van der Waals surface area contributed by atoms with E-state index >= 15 is 0 Å². The van der Waals surface area contributed by atoms with Crippen molar-refractivity contribution in [3.05, 3.63) is 23.2 Å². The Hall–Kier alpha value is -0.740. The number of benzene rings is 1. The third kappa shape index (κ3) is 2.04. The van der Waals surface area contributed by atoms with Gasteiger partial charge in [-0.1, -0.05) is 33.6 Å². The average molecular weight is 305 g/mol. The number of hydrogen-bond acceptors (Lipinski definition) is 2. The van der Waals surface area contributed by atoms with Crippen LogP contribution in [-0.4, -0.2) is 22.9 Å². The van der Waals surface area contributed by atoms with E-state index in [1.54, 1.807) is 23.1 Å². The van der Waals surface area contributed by atoms with Gasteiger partial charge in [0.25, 0.3) is 0 Å².